The quantitative estimate of drug-likeness (QED) is 0.355. The third kappa shape index (κ3) is 18.1. The fourth-order valence-corrected chi connectivity index (χ4v) is 6.37. The van der Waals surface area contributed by atoms with Crippen LogP contribution in [0.25, 0.3) is 0 Å². The molecule has 0 atom stereocenters. The number of aryl methyl sites for hydroxylation is 1. The Balaban J connectivity index is 0.000000264. The smallest absolute Gasteiger partial charge is 0.0948 e. The maximum absolute atomic E-state index is 3.91. The SMILES string of the molecule is CC(C)C1CCCC1.CC(C)C1CCCCC1.CC(C)C1CCCCCC1.CC(C)n1ccnc1.CCc1cn[nH]n1. The van der Waals surface area contributed by atoms with E-state index in [1.165, 1.54) is 96.3 Å². The Morgan fingerprint density at radius 2 is 1.07 bits per heavy atom. The molecule has 0 aliphatic heterocycles. The zero-order valence-corrected chi connectivity index (χ0v) is 29.5. The first-order valence-electron chi connectivity index (χ1n) is 18.0. The van der Waals surface area contributed by atoms with E-state index >= 15 is 0 Å². The van der Waals surface area contributed by atoms with Gasteiger partial charge in [-0.05, 0) is 55.8 Å². The molecule has 5 rings (SSSR count). The topological polar surface area (TPSA) is 59.4 Å². The Morgan fingerprint density at radius 1 is 0.667 bits per heavy atom. The molecule has 42 heavy (non-hydrogen) atoms. The molecule has 0 spiro atoms. The summed E-state index contributed by atoms with van der Waals surface area (Å²) in [7, 11) is 0. The van der Waals surface area contributed by atoms with Crippen LogP contribution in [0.3, 0.4) is 0 Å². The van der Waals surface area contributed by atoms with Crippen molar-refractivity contribution in [2.45, 2.75) is 171 Å². The van der Waals surface area contributed by atoms with E-state index in [2.05, 4.69) is 80.4 Å². The van der Waals surface area contributed by atoms with Gasteiger partial charge in [0.05, 0.1) is 18.2 Å². The highest BCUT2D eigenvalue weighted by Gasteiger charge is 2.17. The minimum atomic E-state index is 0.539. The first kappa shape index (κ1) is 38.4. The molecule has 0 aromatic carbocycles. The van der Waals surface area contributed by atoms with Crippen LogP contribution in [0, 0.1) is 35.5 Å². The molecule has 3 saturated carbocycles. The number of nitrogens with one attached hydrogen (secondary N) is 1. The summed E-state index contributed by atoms with van der Waals surface area (Å²) in [6, 6.07) is 0.539. The average molecular weight is 586 g/mol. The normalized spacial score (nSPS) is 18.3. The van der Waals surface area contributed by atoms with Crippen LogP contribution in [-0.4, -0.2) is 25.0 Å². The molecular formula is C37H71N5. The molecule has 2 aromatic heterocycles. The van der Waals surface area contributed by atoms with Crippen molar-refractivity contribution in [3.63, 3.8) is 0 Å². The molecule has 0 saturated heterocycles. The number of nitrogens with zero attached hydrogens (tertiary/aromatic N) is 4. The molecule has 0 amide bonds. The lowest BCUT2D eigenvalue weighted by Crippen LogP contribution is -2.12. The number of H-pyrrole nitrogens is 1. The summed E-state index contributed by atoms with van der Waals surface area (Å²) in [5.74, 6) is 5.97. The number of hydrogen-bond acceptors (Lipinski definition) is 3. The van der Waals surface area contributed by atoms with Crippen LogP contribution in [0.1, 0.15) is 170 Å². The predicted molar refractivity (Wildman–Crippen MR) is 183 cm³/mol. The Labute approximate surface area is 261 Å². The predicted octanol–water partition coefficient (Wildman–Crippen LogP) is 11.5. The summed E-state index contributed by atoms with van der Waals surface area (Å²) in [6.07, 6.45) is 30.6. The van der Waals surface area contributed by atoms with Gasteiger partial charge >= 0.3 is 0 Å². The molecular weight excluding hydrogens is 514 g/mol. The Morgan fingerprint density at radius 3 is 1.31 bits per heavy atom. The van der Waals surface area contributed by atoms with Gasteiger partial charge in [0.1, 0.15) is 0 Å². The fraction of sp³-hybridized carbons (Fsp3) is 0.865. The molecule has 1 N–H and O–H groups in total. The summed E-state index contributed by atoms with van der Waals surface area (Å²) >= 11 is 0. The van der Waals surface area contributed by atoms with Crippen LogP contribution in [0.5, 0.6) is 0 Å². The van der Waals surface area contributed by atoms with E-state index < -0.39 is 0 Å². The van der Waals surface area contributed by atoms with Crippen LogP contribution in [0.4, 0.5) is 0 Å². The lowest BCUT2D eigenvalue weighted by atomic mass is 9.82. The second-order valence-electron chi connectivity index (χ2n) is 14.3. The second-order valence-corrected chi connectivity index (χ2v) is 14.3. The van der Waals surface area contributed by atoms with Gasteiger partial charge in [0.25, 0.3) is 0 Å². The zero-order chi connectivity index (χ0) is 31.2. The Kier molecular flexibility index (Phi) is 21.7. The van der Waals surface area contributed by atoms with Crippen molar-refractivity contribution >= 4 is 0 Å². The van der Waals surface area contributed by atoms with Crippen LogP contribution < -0.4 is 0 Å². The minimum absolute atomic E-state index is 0.539. The van der Waals surface area contributed by atoms with Crippen LogP contribution in [0.2, 0.25) is 0 Å². The summed E-state index contributed by atoms with van der Waals surface area (Å²) < 4.78 is 2.06. The first-order valence-corrected chi connectivity index (χ1v) is 18.0. The van der Waals surface area contributed by atoms with Crippen LogP contribution >= 0.6 is 0 Å². The maximum atomic E-state index is 3.91. The number of aromatic nitrogens is 5. The summed E-state index contributed by atoms with van der Waals surface area (Å²) in [5, 5.41) is 9.94. The summed E-state index contributed by atoms with van der Waals surface area (Å²) in [6.45, 7) is 20.4. The molecule has 5 heteroatoms. The standard InChI is InChI=1S/C10H20.C9H18.C8H16.C6H10N2.C4H7N3/c1-9(2)10-7-5-3-4-6-8-10;1-8(2)9-6-4-3-5-7-9;1-7(2)8-5-3-4-6-8;1-6(2)8-4-3-7-5-8;1-2-4-3-5-7-6-4/h9-10H,3-8H2,1-2H3;8-9H,3-7H2,1-2H3;7-8H,3-6H2,1-2H3;3-6H,1-2H3;3H,2H2,1H3,(H,5,6,7). The molecule has 2 aromatic rings. The van der Waals surface area contributed by atoms with Gasteiger partial charge in [-0.15, -0.1) is 0 Å². The molecule has 0 unspecified atom stereocenters. The lowest BCUT2D eigenvalue weighted by molar-refractivity contribution is 0.279. The van der Waals surface area contributed by atoms with Crippen molar-refractivity contribution in [1.82, 2.24) is 25.0 Å². The average Bonchev–Trinajstić information content (AvgIpc) is 3.77. The first-order chi connectivity index (χ1) is 20.1. The number of hydrogen-bond donors (Lipinski definition) is 1. The summed E-state index contributed by atoms with van der Waals surface area (Å²) in [5.41, 5.74) is 1.01. The molecule has 3 aliphatic carbocycles. The number of aromatic amines is 1. The monoisotopic (exact) mass is 586 g/mol. The van der Waals surface area contributed by atoms with Crippen molar-refractivity contribution in [2.24, 2.45) is 35.5 Å². The molecule has 3 fully saturated rings. The number of rotatable bonds is 5. The third-order valence-electron chi connectivity index (χ3n) is 9.73. The van der Waals surface area contributed by atoms with Gasteiger partial charge in [-0.1, -0.05) is 145 Å². The highest BCUT2D eigenvalue weighted by Crippen LogP contribution is 2.31. The van der Waals surface area contributed by atoms with Gasteiger partial charge in [-0.3, -0.25) is 0 Å². The molecule has 0 radical (unpaired) electrons. The van der Waals surface area contributed by atoms with E-state index in [1.54, 1.807) is 12.4 Å². The Hall–Kier alpha value is -1.65. The summed E-state index contributed by atoms with van der Waals surface area (Å²) in [4.78, 5) is 3.91. The second kappa shape index (κ2) is 23.8. The molecule has 2 heterocycles. The van der Waals surface area contributed by atoms with Gasteiger partial charge in [0, 0.05) is 18.4 Å². The van der Waals surface area contributed by atoms with Gasteiger partial charge < -0.3 is 4.57 Å². The fourth-order valence-electron chi connectivity index (χ4n) is 6.37. The highest BCUT2D eigenvalue weighted by atomic mass is 15.3. The van der Waals surface area contributed by atoms with E-state index in [0.29, 0.717) is 6.04 Å². The molecule has 244 valence electrons. The van der Waals surface area contributed by atoms with Gasteiger partial charge in [-0.2, -0.15) is 15.4 Å². The Bertz CT molecular complexity index is 789. The highest BCUT2D eigenvalue weighted by molar-refractivity contribution is 4.88. The van der Waals surface area contributed by atoms with Crippen molar-refractivity contribution < 1.29 is 0 Å². The van der Waals surface area contributed by atoms with Crippen molar-refractivity contribution in [3.05, 3.63) is 30.6 Å². The van der Waals surface area contributed by atoms with Crippen LogP contribution in [-0.2, 0) is 6.42 Å². The number of imidazole rings is 1. The minimum Gasteiger partial charge on any atom is -0.335 e. The van der Waals surface area contributed by atoms with E-state index in [0.717, 1.165) is 47.6 Å². The molecule has 5 nitrogen and oxygen atoms in total. The van der Waals surface area contributed by atoms with Crippen LogP contribution in [0.15, 0.2) is 24.9 Å². The van der Waals surface area contributed by atoms with Crippen molar-refractivity contribution in [3.8, 4) is 0 Å². The lowest BCUT2D eigenvalue weighted by Gasteiger charge is -2.24. The van der Waals surface area contributed by atoms with E-state index in [4.69, 9.17) is 0 Å². The molecule has 0 bridgehead atoms. The zero-order valence-electron chi connectivity index (χ0n) is 29.5. The largest absolute Gasteiger partial charge is 0.335 e. The van der Waals surface area contributed by atoms with Crippen molar-refractivity contribution in [2.75, 3.05) is 0 Å². The van der Waals surface area contributed by atoms with E-state index in [-0.39, 0.29) is 0 Å². The van der Waals surface area contributed by atoms with E-state index in [1.807, 2.05) is 19.4 Å². The third-order valence-corrected chi connectivity index (χ3v) is 9.73. The van der Waals surface area contributed by atoms with Crippen molar-refractivity contribution in [1.29, 1.82) is 0 Å². The maximum Gasteiger partial charge on any atom is 0.0948 e. The van der Waals surface area contributed by atoms with Gasteiger partial charge in [0.2, 0.25) is 0 Å². The van der Waals surface area contributed by atoms with Gasteiger partial charge in [-0.25, -0.2) is 4.98 Å². The van der Waals surface area contributed by atoms with E-state index in [9.17, 15) is 0 Å². The molecule has 3 aliphatic rings. The van der Waals surface area contributed by atoms with Gasteiger partial charge in [0.15, 0.2) is 0 Å².